The quantitative estimate of drug-likeness (QED) is 0.727. The highest BCUT2D eigenvalue weighted by Crippen LogP contribution is 2.32. The van der Waals surface area contributed by atoms with Crippen molar-refractivity contribution in [2.45, 2.75) is 6.04 Å². The van der Waals surface area contributed by atoms with E-state index in [2.05, 4.69) is 22.6 Å². The monoisotopic (exact) mass is 395 g/mol. The Morgan fingerprint density at radius 3 is 2.56 bits per heavy atom. The van der Waals surface area contributed by atoms with Gasteiger partial charge in [-0.05, 0) is 58.5 Å². The van der Waals surface area contributed by atoms with E-state index >= 15 is 0 Å². The highest BCUT2D eigenvalue weighted by atomic mass is 127. The molecule has 0 amide bonds. The Morgan fingerprint density at radius 1 is 1.17 bits per heavy atom. The van der Waals surface area contributed by atoms with Crippen LogP contribution in [0.4, 0.5) is 4.39 Å². The van der Waals surface area contributed by atoms with Crippen LogP contribution in [-0.2, 0) is 0 Å². The molecule has 2 N–H and O–H groups in total. The van der Waals surface area contributed by atoms with Crippen molar-refractivity contribution in [3.8, 4) is 0 Å². The summed E-state index contributed by atoms with van der Waals surface area (Å²) in [7, 11) is 0. The van der Waals surface area contributed by atoms with E-state index < -0.39 is 11.9 Å². The van der Waals surface area contributed by atoms with Crippen molar-refractivity contribution in [1.29, 1.82) is 0 Å². The standard InChI is InChI=1S/C13H9Cl2FIN/c14-7-4-5-11(17)8(6-7)13(18)12-9(15)2-1-3-10(12)16/h1-6,13H,18H2. The summed E-state index contributed by atoms with van der Waals surface area (Å²) in [6.07, 6.45) is 0. The number of nitrogens with two attached hydrogens (primary N) is 1. The zero-order valence-electron chi connectivity index (χ0n) is 9.13. The normalized spacial score (nSPS) is 12.5. The van der Waals surface area contributed by atoms with Crippen LogP contribution < -0.4 is 5.73 Å². The molecule has 5 heteroatoms. The van der Waals surface area contributed by atoms with Gasteiger partial charge in [0.15, 0.2) is 0 Å². The van der Waals surface area contributed by atoms with Crippen molar-refractivity contribution in [3.05, 3.63) is 67.0 Å². The SMILES string of the molecule is NC(c1cc(Cl)ccc1I)c1c(F)cccc1Cl. The molecular weight excluding hydrogens is 387 g/mol. The van der Waals surface area contributed by atoms with Crippen LogP contribution in [0.1, 0.15) is 17.2 Å². The molecule has 0 fully saturated rings. The molecule has 1 nitrogen and oxygen atoms in total. The van der Waals surface area contributed by atoms with Gasteiger partial charge >= 0.3 is 0 Å². The first-order valence-electron chi connectivity index (χ1n) is 5.15. The molecule has 1 unspecified atom stereocenters. The van der Waals surface area contributed by atoms with E-state index in [9.17, 15) is 4.39 Å². The third-order valence-corrected chi connectivity index (χ3v) is 4.15. The topological polar surface area (TPSA) is 26.0 Å². The van der Waals surface area contributed by atoms with Crippen molar-refractivity contribution < 1.29 is 4.39 Å². The molecule has 0 aliphatic carbocycles. The number of rotatable bonds is 2. The molecular formula is C13H9Cl2FIN. The molecule has 2 aromatic rings. The van der Waals surface area contributed by atoms with Crippen LogP contribution >= 0.6 is 45.8 Å². The highest BCUT2D eigenvalue weighted by Gasteiger charge is 2.19. The van der Waals surface area contributed by atoms with Crippen molar-refractivity contribution in [1.82, 2.24) is 0 Å². The number of benzene rings is 2. The van der Waals surface area contributed by atoms with Crippen LogP contribution in [0, 0.1) is 9.39 Å². The number of halogens is 4. The summed E-state index contributed by atoms with van der Waals surface area (Å²) in [5, 5.41) is 0.881. The fourth-order valence-electron chi connectivity index (χ4n) is 1.72. The molecule has 1 atom stereocenters. The largest absolute Gasteiger partial charge is 0.320 e. The summed E-state index contributed by atoms with van der Waals surface area (Å²) in [5.41, 5.74) is 7.15. The first kappa shape index (κ1) is 14.1. The molecule has 0 radical (unpaired) electrons. The van der Waals surface area contributed by atoms with Crippen molar-refractivity contribution in [2.75, 3.05) is 0 Å². The second-order valence-electron chi connectivity index (χ2n) is 3.78. The number of hydrogen-bond donors (Lipinski definition) is 1. The van der Waals surface area contributed by atoms with Gasteiger partial charge in [-0.25, -0.2) is 4.39 Å². The Labute approximate surface area is 128 Å². The van der Waals surface area contributed by atoms with Crippen LogP contribution in [0.25, 0.3) is 0 Å². The Hall–Kier alpha value is -0.360. The van der Waals surface area contributed by atoms with Crippen LogP contribution in [0.15, 0.2) is 36.4 Å². The van der Waals surface area contributed by atoms with E-state index in [1.54, 1.807) is 24.3 Å². The maximum absolute atomic E-state index is 13.8. The predicted octanol–water partition coefficient (Wildman–Crippen LogP) is 4.79. The van der Waals surface area contributed by atoms with E-state index in [1.165, 1.54) is 6.07 Å². The molecule has 2 aromatic carbocycles. The maximum Gasteiger partial charge on any atom is 0.129 e. The van der Waals surface area contributed by atoms with Gasteiger partial charge in [-0.15, -0.1) is 0 Å². The molecule has 0 spiro atoms. The van der Waals surface area contributed by atoms with Gasteiger partial charge in [0.05, 0.1) is 6.04 Å². The van der Waals surface area contributed by atoms with E-state index in [4.69, 9.17) is 28.9 Å². The summed E-state index contributed by atoms with van der Waals surface area (Å²) in [4.78, 5) is 0. The molecule has 0 aromatic heterocycles. The second kappa shape index (κ2) is 5.74. The van der Waals surface area contributed by atoms with Gasteiger partial charge in [-0.3, -0.25) is 0 Å². The van der Waals surface area contributed by atoms with E-state index in [-0.39, 0.29) is 0 Å². The average Bonchev–Trinajstić information content (AvgIpc) is 2.32. The first-order valence-corrected chi connectivity index (χ1v) is 6.98. The molecule has 0 bridgehead atoms. The molecule has 2 rings (SSSR count). The summed E-state index contributed by atoms with van der Waals surface area (Å²) >= 11 is 14.1. The minimum atomic E-state index is -0.635. The lowest BCUT2D eigenvalue weighted by atomic mass is 9.99. The first-order chi connectivity index (χ1) is 8.50. The maximum atomic E-state index is 13.8. The van der Waals surface area contributed by atoms with Gasteiger partial charge in [0, 0.05) is 19.2 Å². The van der Waals surface area contributed by atoms with Gasteiger partial charge in [-0.2, -0.15) is 0 Å². The average molecular weight is 396 g/mol. The van der Waals surface area contributed by atoms with Gasteiger partial charge in [0.25, 0.3) is 0 Å². The highest BCUT2D eigenvalue weighted by molar-refractivity contribution is 14.1. The molecule has 0 aliphatic rings. The third kappa shape index (κ3) is 2.79. The fraction of sp³-hybridized carbons (Fsp3) is 0.0769. The van der Waals surface area contributed by atoms with Crippen LogP contribution in [0.5, 0.6) is 0 Å². The zero-order valence-corrected chi connectivity index (χ0v) is 12.8. The molecule has 0 aliphatic heterocycles. The van der Waals surface area contributed by atoms with Crippen molar-refractivity contribution in [2.24, 2.45) is 5.73 Å². The molecule has 0 saturated heterocycles. The summed E-state index contributed by atoms with van der Waals surface area (Å²) < 4.78 is 14.7. The lowest BCUT2D eigenvalue weighted by molar-refractivity contribution is 0.599. The predicted molar refractivity (Wildman–Crippen MR) is 81.6 cm³/mol. The lowest BCUT2D eigenvalue weighted by Gasteiger charge is -2.17. The van der Waals surface area contributed by atoms with Gasteiger partial charge in [0.2, 0.25) is 0 Å². The Balaban J connectivity index is 2.54. The van der Waals surface area contributed by atoms with Crippen LogP contribution in [-0.4, -0.2) is 0 Å². The summed E-state index contributed by atoms with van der Waals surface area (Å²) in [6, 6.07) is 9.22. The Morgan fingerprint density at radius 2 is 1.89 bits per heavy atom. The fourth-order valence-corrected chi connectivity index (χ4v) is 2.85. The van der Waals surface area contributed by atoms with Crippen LogP contribution in [0.3, 0.4) is 0 Å². The van der Waals surface area contributed by atoms with Crippen molar-refractivity contribution >= 4 is 45.8 Å². The van der Waals surface area contributed by atoms with Crippen molar-refractivity contribution in [3.63, 3.8) is 0 Å². The molecule has 0 heterocycles. The van der Waals surface area contributed by atoms with Gasteiger partial charge in [0.1, 0.15) is 5.82 Å². The summed E-state index contributed by atoms with van der Waals surface area (Å²) in [5.74, 6) is -0.411. The van der Waals surface area contributed by atoms with E-state index in [0.717, 1.165) is 9.13 Å². The molecule has 94 valence electrons. The van der Waals surface area contributed by atoms with Gasteiger partial charge < -0.3 is 5.73 Å². The summed E-state index contributed by atoms with van der Waals surface area (Å²) in [6.45, 7) is 0. The minimum Gasteiger partial charge on any atom is -0.320 e. The van der Waals surface area contributed by atoms with Gasteiger partial charge in [-0.1, -0.05) is 29.3 Å². The smallest absolute Gasteiger partial charge is 0.129 e. The molecule has 0 saturated carbocycles. The Bertz CT molecular complexity index is 569. The lowest BCUT2D eigenvalue weighted by Crippen LogP contribution is -2.15. The Kier molecular flexibility index (Phi) is 4.48. The third-order valence-electron chi connectivity index (χ3n) is 2.60. The second-order valence-corrected chi connectivity index (χ2v) is 5.78. The van der Waals surface area contributed by atoms with Crippen LogP contribution in [0.2, 0.25) is 10.0 Å². The van der Waals surface area contributed by atoms with E-state index in [1.807, 2.05) is 6.07 Å². The van der Waals surface area contributed by atoms with E-state index in [0.29, 0.717) is 15.6 Å². The number of hydrogen-bond acceptors (Lipinski definition) is 1. The minimum absolute atomic E-state index is 0.291. The zero-order chi connectivity index (χ0) is 13.3. The molecule has 18 heavy (non-hydrogen) atoms.